The van der Waals surface area contributed by atoms with Crippen LogP contribution in [-0.4, -0.2) is 36.4 Å². The topological polar surface area (TPSA) is 44.3 Å². The third kappa shape index (κ3) is 1.73. The van der Waals surface area contributed by atoms with Crippen LogP contribution in [0.25, 0.3) is 0 Å². The summed E-state index contributed by atoms with van der Waals surface area (Å²) in [5.41, 5.74) is -0.514. The molecule has 2 heterocycles. The van der Waals surface area contributed by atoms with Gasteiger partial charge in [0.1, 0.15) is 0 Å². The van der Waals surface area contributed by atoms with Crippen LogP contribution < -0.4 is 10.6 Å². The van der Waals surface area contributed by atoms with Crippen molar-refractivity contribution in [2.24, 2.45) is 5.92 Å². The molecule has 3 N–H and O–H groups in total. The van der Waals surface area contributed by atoms with Crippen molar-refractivity contribution in [2.45, 2.75) is 37.8 Å². The lowest BCUT2D eigenvalue weighted by atomic mass is 9.81. The highest BCUT2D eigenvalue weighted by Gasteiger charge is 2.41. The molecular weight excluding hydrogens is 164 g/mol. The van der Waals surface area contributed by atoms with Crippen LogP contribution in [0.2, 0.25) is 0 Å². The molecule has 0 aromatic heterocycles. The molecule has 3 heteroatoms. The fourth-order valence-corrected chi connectivity index (χ4v) is 2.62. The van der Waals surface area contributed by atoms with E-state index in [1.54, 1.807) is 0 Å². The van der Waals surface area contributed by atoms with Gasteiger partial charge in [0.05, 0.1) is 5.60 Å². The molecule has 0 spiro atoms. The van der Waals surface area contributed by atoms with Crippen molar-refractivity contribution in [3.63, 3.8) is 0 Å². The summed E-state index contributed by atoms with van der Waals surface area (Å²) in [5, 5.41) is 17.1. The van der Waals surface area contributed by atoms with E-state index in [1.807, 2.05) is 6.92 Å². The zero-order valence-corrected chi connectivity index (χ0v) is 8.34. The van der Waals surface area contributed by atoms with Gasteiger partial charge in [-0.1, -0.05) is 0 Å². The summed E-state index contributed by atoms with van der Waals surface area (Å²) in [5.74, 6) is 0.433. The van der Waals surface area contributed by atoms with Crippen LogP contribution in [0.3, 0.4) is 0 Å². The predicted molar refractivity (Wildman–Crippen MR) is 52.6 cm³/mol. The van der Waals surface area contributed by atoms with Gasteiger partial charge in [-0.3, -0.25) is 0 Å². The number of hydrogen-bond acceptors (Lipinski definition) is 3. The quantitative estimate of drug-likeness (QED) is 0.570. The molecule has 0 aromatic carbocycles. The molecule has 2 aliphatic rings. The Hall–Kier alpha value is -0.120. The molecule has 2 fully saturated rings. The zero-order chi connectivity index (χ0) is 9.31. The molecule has 2 aliphatic heterocycles. The first-order valence-corrected chi connectivity index (χ1v) is 5.38. The fourth-order valence-electron chi connectivity index (χ4n) is 2.62. The average Bonchev–Trinajstić information content (AvgIpc) is 2.78. The maximum Gasteiger partial charge on any atom is 0.0812 e. The average molecular weight is 184 g/mol. The van der Waals surface area contributed by atoms with E-state index >= 15 is 0 Å². The molecule has 2 saturated heterocycles. The molecule has 2 rings (SSSR count). The minimum atomic E-state index is -0.514. The monoisotopic (exact) mass is 184 g/mol. The van der Waals surface area contributed by atoms with Gasteiger partial charge >= 0.3 is 0 Å². The van der Waals surface area contributed by atoms with E-state index in [9.17, 15) is 5.11 Å². The molecule has 0 radical (unpaired) electrons. The van der Waals surface area contributed by atoms with Gasteiger partial charge in [0.2, 0.25) is 0 Å². The Bertz CT molecular complexity index is 152. The number of rotatable bonds is 2. The van der Waals surface area contributed by atoms with Gasteiger partial charge in [-0.2, -0.15) is 0 Å². The Balaban J connectivity index is 1.99. The van der Waals surface area contributed by atoms with Crippen molar-refractivity contribution in [3.05, 3.63) is 0 Å². The number of aliphatic hydroxyl groups is 1. The van der Waals surface area contributed by atoms with E-state index in [0.717, 1.165) is 32.5 Å². The van der Waals surface area contributed by atoms with E-state index in [1.165, 1.54) is 6.42 Å². The van der Waals surface area contributed by atoms with Crippen molar-refractivity contribution in [2.75, 3.05) is 19.6 Å². The van der Waals surface area contributed by atoms with E-state index in [4.69, 9.17) is 0 Å². The highest BCUT2D eigenvalue weighted by atomic mass is 16.3. The molecule has 0 aliphatic carbocycles. The maximum absolute atomic E-state index is 10.4. The van der Waals surface area contributed by atoms with E-state index in [-0.39, 0.29) is 0 Å². The zero-order valence-electron chi connectivity index (χ0n) is 8.34. The van der Waals surface area contributed by atoms with Gasteiger partial charge in [-0.25, -0.2) is 0 Å². The summed E-state index contributed by atoms with van der Waals surface area (Å²) in [6, 6.07) is 0.317. The van der Waals surface area contributed by atoms with Crippen LogP contribution in [0.4, 0.5) is 0 Å². The first-order valence-electron chi connectivity index (χ1n) is 5.38. The first-order chi connectivity index (χ1) is 6.21. The van der Waals surface area contributed by atoms with Gasteiger partial charge in [-0.05, 0) is 39.3 Å². The highest BCUT2D eigenvalue weighted by Crippen LogP contribution is 2.30. The fraction of sp³-hybridized carbons (Fsp3) is 1.00. The molecule has 3 unspecified atom stereocenters. The Morgan fingerprint density at radius 1 is 1.31 bits per heavy atom. The van der Waals surface area contributed by atoms with Gasteiger partial charge < -0.3 is 15.7 Å². The van der Waals surface area contributed by atoms with Gasteiger partial charge in [0, 0.05) is 18.5 Å². The summed E-state index contributed by atoms with van der Waals surface area (Å²) in [7, 11) is 0. The van der Waals surface area contributed by atoms with Crippen molar-refractivity contribution in [3.8, 4) is 0 Å². The second kappa shape index (κ2) is 3.56. The molecule has 3 atom stereocenters. The minimum absolute atomic E-state index is 0.317. The smallest absolute Gasteiger partial charge is 0.0812 e. The first kappa shape index (κ1) is 9.44. The summed E-state index contributed by atoms with van der Waals surface area (Å²) >= 11 is 0. The van der Waals surface area contributed by atoms with Crippen molar-refractivity contribution < 1.29 is 5.11 Å². The Morgan fingerprint density at radius 3 is 2.69 bits per heavy atom. The third-order valence-corrected chi connectivity index (χ3v) is 3.65. The van der Waals surface area contributed by atoms with Gasteiger partial charge in [0.15, 0.2) is 0 Å². The molecule has 0 saturated carbocycles. The number of hydrogen-bond donors (Lipinski definition) is 3. The van der Waals surface area contributed by atoms with Crippen LogP contribution in [0.1, 0.15) is 26.2 Å². The van der Waals surface area contributed by atoms with Crippen LogP contribution in [0.15, 0.2) is 0 Å². The van der Waals surface area contributed by atoms with Crippen LogP contribution in [0, 0.1) is 5.92 Å². The summed E-state index contributed by atoms with van der Waals surface area (Å²) < 4.78 is 0. The van der Waals surface area contributed by atoms with Crippen LogP contribution in [0.5, 0.6) is 0 Å². The third-order valence-electron chi connectivity index (χ3n) is 3.65. The number of nitrogens with one attached hydrogen (secondary N) is 2. The van der Waals surface area contributed by atoms with E-state index in [0.29, 0.717) is 12.0 Å². The molecule has 76 valence electrons. The Labute approximate surface area is 79.9 Å². The lowest BCUT2D eigenvalue weighted by Gasteiger charge is -2.35. The predicted octanol–water partition coefficient (Wildman–Crippen LogP) is 0.0989. The van der Waals surface area contributed by atoms with Gasteiger partial charge in [0.25, 0.3) is 0 Å². The minimum Gasteiger partial charge on any atom is -0.388 e. The SMILES string of the molecule is CC(O)(C1CCNC1)C1CCCN1. The van der Waals surface area contributed by atoms with Crippen molar-refractivity contribution in [1.29, 1.82) is 0 Å². The normalized spacial score (nSPS) is 39.2. The van der Waals surface area contributed by atoms with Crippen molar-refractivity contribution >= 4 is 0 Å². The molecule has 13 heavy (non-hydrogen) atoms. The summed E-state index contributed by atoms with van der Waals surface area (Å²) in [4.78, 5) is 0. The second-order valence-electron chi connectivity index (χ2n) is 4.56. The highest BCUT2D eigenvalue weighted by molar-refractivity contribution is 4.98. The standard InChI is InChI=1S/C10H20N2O/c1-10(13,8-4-6-11-7-8)9-3-2-5-12-9/h8-9,11-13H,2-7H2,1H3. The summed E-state index contributed by atoms with van der Waals surface area (Å²) in [6.45, 7) is 5.10. The Morgan fingerprint density at radius 2 is 2.15 bits per heavy atom. The van der Waals surface area contributed by atoms with E-state index in [2.05, 4.69) is 10.6 Å². The summed E-state index contributed by atoms with van der Waals surface area (Å²) in [6.07, 6.45) is 3.45. The van der Waals surface area contributed by atoms with E-state index < -0.39 is 5.60 Å². The molecule has 0 aromatic rings. The lowest BCUT2D eigenvalue weighted by molar-refractivity contribution is -0.0228. The largest absolute Gasteiger partial charge is 0.388 e. The van der Waals surface area contributed by atoms with Crippen molar-refractivity contribution in [1.82, 2.24) is 10.6 Å². The second-order valence-corrected chi connectivity index (χ2v) is 4.56. The van der Waals surface area contributed by atoms with Crippen LogP contribution >= 0.6 is 0 Å². The Kier molecular flexibility index (Phi) is 2.58. The maximum atomic E-state index is 10.4. The molecular formula is C10H20N2O. The molecule has 0 bridgehead atoms. The van der Waals surface area contributed by atoms with Crippen LogP contribution in [-0.2, 0) is 0 Å². The molecule has 0 amide bonds. The lowest BCUT2D eigenvalue weighted by Crippen LogP contribution is -2.51. The van der Waals surface area contributed by atoms with Gasteiger partial charge in [-0.15, -0.1) is 0 Å². The molecule has 3 nitrogen and oxygen atoms in total.